The second-order valence-electron chi connectivity index (χ2n) is 11.8. The van der Waals surface area contributed by atoms with Gasteiger partial charge in [-0.1, -0.05) is 60.7 Å². The molecule has 0 atom stereocenters. The number of phenolic OH excluding ortho intramolecular Hbond substituents is 1. The van der Waals surface area contributed by atoms with Crippen LogP contribution >= 0.6 is 0 Å². The molecule has 0 fully saturated rings. The van der Waals surface area contributed by atoms with Crippen molar-refractivity contribution in [3.8, 4) is 45.4 Å². The predicted molar refractivity (Wildman–Crippen MR) is 202 cm³/mol. The van der Waals surface area contributed by atoms with Crippen molar-refractivity contribution in [3.63, 3.8) is 0 Å². The molecular weight excluding hydrogens is 682 g/mol. The zero-order valence-corrected chi connectivity index (χ0v) is 29.9. The standard InChI is InChI=1S/C21H19NO5.C20H19NO4.B.Li.H/c1-27-21(26)17-13-16(8-11-19(17)23)22-15(9-12-20(24)25)7-10-18(22)14-5-3-2-4-6-14;22-13-15-12-17(7-10-19(15)23)21-16(8-11-20(24)25)6-9-18(21)14-4-2-1-3-5-14;;;/h2-8,10-11,13,23H,9,12H2,1H3,(H,24,25);1-7,9-10,12,22-23H,8,11,13H2,(H,24,25);;;/q;;;+1;-1. The van der Waals surface area contributed by atoms with E-state index in [4.69, 9.17) is 14.9 Å². The SMILES string of the molecule is COC(=O)c1cc(-n2c(CCC(=O)O)ccc2-c2ccccc2)ccc1O.O=C(O)CCc1ccc(-c2ccccc2)n1-c1ccc(O)c(CO)c1.[B].[H-].[Li+]. The topological polar surface area (TPSA) is 171 Å². The minimum atomic E-state index is -0.884. The number of esters is 1. The number of carboxylic acids is 2. The van der Waals surface area contributed by atoms with E-state index in [1.54, 1.807) is 18.2 Å². The average molecular weight is 722 g/mol. The molecule has 54 heavy (non-hydrogen) atoms. The number of aliphatic hydroxyl groups excluding tert-OH is 1. The number of carboxylic acid groups (broad SMARTS) is 2. The van der Waals surface area contributed by atoms with Crippen LogP contribution in [-0.2, 0) is 33.8 Å². The van der Waals surface area contributed by atoms with E-state index < -0.39 is 17.9 Å². The summed E-state index contributed by atoms with van der Waals surface area (Å²) in [7, 11) is 1.25. The third-order valence-corrected chi connectivity index (χ3v) is 8.39. The van der Waals surface area contributed by atoms with Gasteiger partial charge in [0, 0.05) is 36.7 Å². The largest absolute Gasteiger partial charge is 1.00 e. The van der Waals surface area contributed by atoms with E-state index in [9.17, 15) is 29.7 Å². The van der Waals surface area contributed by atoms with Crippen LogP contribution in [0.2, 0.25) is 0 Å². The van der Waals surface area contributed by atoms with Gasteiger partial charge in [-0.15, -0.1) is 0 Å². The Morgan fingerprint density at radius 2 is 1.07 bits per heavy atom. The van der Waals surface area contributed by atoms with E-state index >= 15 is 0 Å². The van der Waals surface area contributed by atoms with Crippen LogP contribution in [-0.4, -0.2) is 68.1 Å². The fourth-order valence-electron chi connectivity index (χ4n) is 5.87. The second kappa shape index (κ2) is 19.8. The van der Waals surface area contributed by atoms with Crippen LogP contribution in [0, 0.1) is 0 Å². The number of benzene rings is 4. The molecule has 5 N–H and O–H groups in total. The van der Waals surface area contributed by atoms with Gasteiger partial charge in [-0.25, -0.2) is 4.79 Å². The van der Waals surface area contributed by atoms with Crippen LogP contribution in [0.25, 0.3) is 33.9 Å². The van der Waals surface area contributed by atoms with Gasteiger partial charge < -0.3 is 40.8 Å². The first kappa shape index (κ1) is 42.5. The molecule has 0 aliphatic rings. The summed E-state index contributed by atoms with van der Waals surface area (Å²) in [5.41, 5.74) is 7.26. The smallest absolute Gasteiger partial charge is 1.00 e. The van der Waals surface area contributed by atoms with Gasteiger partial charge in [0.1, 0.15) is 17.1 Å². The number of aliphatic hydroxyl groups is 1. The minimum Gasteiger partial charge on any atom is -1.00 e. The Labute approximate surface area is 328 Å². The fourth-order valence-corrected chi connectivity index (χ4v) is 5.87. The summed E-state index contributed by atoms with van der Waals surface area (Å²) in [5.74, 6) is -2.52. The van der Waals surface area contributed by atoms with Crippen LogP contribution < -0.4 is 18.9 Å². The number of hydrogen-bond donors (Lipinski definition) is 5. The summed E-state index contributed by atoms with van der Waals surface area (Å²) in [6.07, 6.45) is 0.734. The Hall–Kier alpha value is -5.93. The number of carbonyl (C=O) groups is 3. The quantitative estimate of drug-likeness (QED) is 0.0933. The molecule has 3 radical (unpaired) electrons. The number of aromatic hydroxyl groups is 2. The number of rotatable bonds is 12. The van der Waals surface area contributed by atoms with Crippen molar-refractivity contribution >= 4 is 26.3 Å². The molecule has 0 amide bonds. The predicted octanol–water partition coefficient (Wildman–Crippen LogP) is 3.75. The number of methoxy groups -OCH3 is 1. The maximum Gasteiger partial charge on any atom is 1.00 e. The summed E-state index contributed by atoms with van der Waals surface area (Å²) in [6.45, 7) is -0.272. The van der Waals surface area contributed by atoms with Crippen LogP contribution in [0.15, 0.2) is 121 Å². The normalized spacial score (nSPS) is 10.3. The molecule has 6 aromatic rings. The molecule has 11 nitrogen and oxygen atoms in total. The first-order valence-electron chi connectivity index (χ1n) is 16.4. The monoisotopic (exact) mass is 721 g/mol. The number of nitrogens with zero attached hydrogens (tertiary/aromatic N) is 2. The summed E-state index contributed by atoms with van der Waals surface area (Å²) in [6, 6.07) is 36.8. The third kappa shape index (κ3) is 10.1. The summed E-state index contributed by atoms with van der Waals surface area (Å²) >= 11 is 0. The molecule has 0 aliphatic heterocycles. The van der Waals surface area contributed by atoms with E-state index in [0.29, 0.717) is 24.1 Å². The third-order valence-electron chi connectivity index (χ3n) is 8.39. The van der Waals surface area contributed by atoms with Crippen molar-refractivity contribution in [2.75, 3.05) is 7.11 Å². The van der Waals surface area contributed by atoms with Crippen molar-refractivity contribution in [1.29, 1.82) is 0 Å². The van der Waals surface area contributed by atoms with Crippen LogP contribution in [0.5, 0.6) is 11.5 Å². The van der Waals surface area contributed by atoms with Crippen LogP contribution in [0.3, 0.4) is 0 Å². The maximum atomic E-state index is 11.9. The van der Waals surface area contributed by atoms with Crippen molar-refractivity contribution in [2.45, 2.75) is 32.3 Å². The fraction of sp³-hybridized carbons (Fsp3) is 0.146. The van der Waals surface area contributed by atoms with Crippen molar-refractivity contribution in [1.82, 2.24) is 9.13 Å². The Bertz CT molecular complexity index is 2190. The van der Waals surface area contributed by atoms with Gasteiger partial charge in [0.05, 0.1) is 37.9 Å². The van der Waals surface area contributed by atoms with Gasteiger partial charge in [0.15, 0.2) is 0 Å². The van der Waals surface area contributed by atoms with Gasteiger partial charge in [-0.3, -0.25) is 9.59 Å². The second-order valence-corrected chi connectivity index (χ2v) is 11.8. The first-order valence-corrected chi connectivity index (χ1v) is 16.4. The van der Waals surface area contributed by atoms with Gasteiger partial charge in [0.25, 0.3) is 0 Å². The van der Waals surface area contributed by atoms with Gasteiger partial charge in [0.2, 0.25) is 0 Å². The number of carbonyl (C=O) groups excluding carboxylic acids is 1. The van der Waals surface area contributed by atoms with Crippen molar-refractivity contribution in [3.05, 3.63) is 144 Å². The number of phenols is 2. The summed E-state index contributed by atoms with van der Waals surface area (Å²) in [5, 5.41) is 47.3. The van der Waals surface area contributed by atoms with Gasteiger partial charge in [-0.05, 0) is 84.6 Å². The van der Waals surface area contributed by atoms with E-state index in [-0.39, 0.29) is 65.2 Å². The molecule has 6 rings (SSSR count). The van der Waals surface area contributed by atoms with Crippen molar-refractivity contribution < 1.29 is 64.9 Å². The van der Waals surface area contributed by atoms with Gasteiger partial charge in [-0.2, -0.15) is 0 Å². The average Bonchev–Trinajstić information content (AvgIpc) is 3.79. The maximum absolute atomic E-state index is 11.9. The van der Waals surface area contributed by atoms with Crippen LogP contribution in [0.1, 0.15) is 41.6 Å². The van der Waals surface area contributed by atoms with E-state index in [1.165, 1.54) is 25.3 Å². The number of ether oxygens (including phenoxy) is 1. The van der Waals surface area contributed by atoms with Crippen molar-refractivity contribution in [2.24, 2.45) is 0 Å². The van der Waals surface area contributed by atoms with Gasteiger partial charge >= 0.3 is 36.8 Å². The molecule has 13 heteroatoms. The minimum absolute atomic E-state index is 0. The van der Waals surface area contributed by atoms with E-state index in [1.807, 2.05) is 94.1 Å². The molecule has 4 aromatic carbocycles. The molecule has 271 valence electrons. The Kier molecular flexibility index (Phi) is 15.6. The van der Waals surface area contributed by atoms with Crippen LogP contribution in [0.4, 0.5) is 0 Å². The molecule has 0 saturated carbocycles. The Morgan fingerprint density at radius 1 is 0.630 bits per heavy atom. The Morgan fingerprint density at radius 3 is 1.50 bits per heavy atom. The number of hydrogen-bond acceptors (Lipinski definition) is 7. The number of aromatic nitrogens is 2. The zero-order chi connectivity index (χ0) is 37.2. The summed E-state index contributed by atoms with van der Waals surface area (Å²) < 4.78 is 8.59. The summed E-state index contributed by atoms with van der Waals surface area (Å²) in [4.78, 5) is 33.9. The van der Waals surface area contributed by atoms with E-state index in [2.05, 4.69) is 0 Å². The molecule has 0 bridgehead atoms. The Balaban J connectivity index is 0.000000361. The van der Waals surface area contributed by atoms with E-state index in [0.717, 1.165) is 39.6 Å². The first-order chi connectivity index (χ1) is 25.1. The number of aliphatic carboxylic acids is 2. The molecule has 0 saturated heterocycles. The molecular formula is C41H39BLiN2O9. The zero-order valence-electron chi connectivity index (χ0n) is 30.9. The molecule has 0 unspecified atom stereocenters. The number of aryl methyl sites for hydroxylation is 2. The molecule has 0 aliphatic carbocycles. The molecule has 2 aromatic heterocycles. The molecule has 2 heterocycles. The molecule has 0 spiro atoms.